The van der Waals surface area contributed by atoms with Gasteiger partial charge in [-0.25, -0.2) is 4.79 Å². The summed E-state index contributed by atoms with van der Waals surface area (Å²) < 4.78 is 5.39. The summed E-state index contributed by atoms with van der Waals surface area (Å²) in [5, 5.41) is 0. The van der Waals surface area contributed by atoms with Gasteiger partial charge in [-0.2, -0.15) is 0 Å². The molecule has 0 N–H and O–H groups in total. The van der Waals surface area contributed by atoms with Crippen LogP contribution in [0, 0.1) is 5.92 Å². The number of hydrogen-bond donors (Lipinski definition) is 0. The van der Waals surface area contributed by atoms with Crippen LogP contribution in [0.3, 0.4) is 0 Å². The number of ether oxygens (including phenoxy) is 1. The maximum absolute atomic E-state index is 12.1. The zero-order valence-corrected chi connectivity index (χ0v) is 13.3. The Bertz CT molecular complexity index is 447. The maximum Gasteiger partial charge on any atom is 0.410 e. The molecule has 1 aliphatic heterocycles. The molecule has 0 aromatic heterocycles. The smallest absolute Gasteiger partial charge is 0.410 e. The maximum atomic E-state index is 12.1. The Kier molecular flexibility index (Phi) is 5.62. The summed E-state index contributed by atoms with van der Waals surface area (Å²) in [5.74, 6) is 0.666. The fourth-order valence-electron chi connectivity index (χ4n) is 2.78. The summed E-state index contributed by atoms with van der Waals surface area (Å²) in [6, 6.07) is 10.1. The minimum absolute atomic E-state index is 0.227. The SMILES string of the molecule is CC(C)CN1CCC(N(C)C(=O)OCc2ccccc2)C1. The van der Waals surface area contributed by atoms with E-state index >= 15 is 0 Å². The van der Waals surface area contributed by atoms with Crippen LogP contribution >= 0.6 is 0 Å². The number of rotatable bonds is 5. The van der Waals surface area contributed by atoms with Crippen molar-refractivity contribution in [1.82, 2.24) is 9.80 Å². The van der Waals surface area contributed by atoms with Gasteiger partial charge in [0.15, 0.2) is 0 Å². The number of amides is 1. The van der Waals surface area contributed by atoms with Gasteiger partial charge >= 0.3 is 6.09 Å². The number of likely N-dealkylation sites (N-methyl/N-ethyl adjacent to an activating group) is 1. The average molecular weight is 290 g/mol. The second-order valence-corrected chi connectivity index (χ2v) is 6.25. The summed E-state index contributed by atoms with van der Waals surface area (Å²) in [6.45, 7) is 7.92. The molecule has 2 rings (SSSR count). The highest BCUT2D eigenvalue weighted by atomic mass is 16.6. The lowest BCUT2D eigenvalue weighted by Gasteiger charge is -2.25. The summed E-state index contributed by atoms with van der Waals surface area (Å²) in [5.41, 5.74) is 1.02. The van der Waals surface area contributed by atoms with Crippen LogP contribution in [0.1, 0.15) is 25.8 Å². The van der Waals surface area contributed by atoms with E-state index in [0.717, 1.165) is 31.6 Å². The number of carbonyl (C=O) groups excluding carboxylic acids is 1. The molecule has 1 heterocycles. The van der Waals surface area contributed by atoms with Gasteiger partial charge in [-0.3, -0.25) is 0 Å². The van der Waals surface area contributed by atoms with Crippen LogP contribution in [0.4, 0.5) is 4.79 Å². The summed E-state index contributed by atoms with van der Waals surface area (Å²) in [7, 11) is 1.84. The molecule has 1 saturated heterocycles. The quantitative estimate of drug-likeness (QED) is 0.836. The fraction of sp³-hybridized carbons (Fsp3) is 0.588. The zero-order valence-electron chi connectivity index (χ0n) is 13.3. The number of likely N-dealkylation sites (tertiary alicyclic amines) is 1. The molecular formula is C17H26N2O2. The second kappa shape index (κ2) is 7.46. The highest BCUT2D eigenvalue weighted by molar-refractivity contribution is 5.67. The minimum atomic E-state index is -0.227. The first kappa shape index (κ1) is 15.8. The Hall–Kier alpha value is -1.55. The van der Waals surface area contributed by atoms with E-state index < -0.39 is 0 Å². The lowest BCUT2D eigenvalue weighted by Crippen LogP contribution is -2.39. The van der Waals surface area contributed by atoms with Crippen LogP contribution < -0.4 is 0 Å². The van der Waals surface area contributed by atoms with E-state index in [4.69, 9.17) is 4.74 Å². The van der Waals surface area contributed by atoms with Crippen molar-refractivity contribution in [2.45, 2.75) is 32.9 Å². The van der Waals surface area contributed by atoms with Crippen LogP contribution in [0.15, 0.2) is 30.3 Å². The Morgan fingerprint density at radius 2 is 2.10 bits per heavy atom. The third kappa shape index (κ3) is 4.74. The normalized spacial score (nSPS) is 19.0. The molecule has 4 heteroatoms. The van der Waals surface area contributed by atoms with Crippen molar-refractivity contribution in [2.75, 3.05) is 26.7 Å². The van der Waals surface area contributed by atoms with Crippen LogP contribution in [0.5, 0.6) is 0 Å². The van der Waals surface area contributed by atoms with Crippen molar-refractivity contribution < 1.29 is 9.53 Å². The summed E-state index contributed by atoms with van der Waals surface area (Å²) >= 11 is 0. The third-order valence-corrected chi connectivity index (χ3v) is 3.91. The van der Waals surface area contributed by atoms with Gasteiger partial charge in [0.05, 0.1) is 0 Å². The zero-order chi connectivity index (χ0) is 15.2. The van der Waals surface area contributed by atoms with Gasteiger partial charge in [-0.15, -0.1) is 0 Å². The van der Waals surface area contributed by atoms with Crippen molar-refractivity contribution >= 4 is 6.09 Å². The van der Waals surface area contributed by atoms with E-state index in [0.29, 0.717) is 12.5 Å². The van der Waals surface area contributed by atoms with Gasteiger partial charge in [-0.05, 0) is 17.9 Å². The molecule has 0 saturated carbocycles. The molecule has 0 bridgehead atoms. The fourth-order valence-corrected chi connectivity index (χ4v) is 2.78. The van der Waals surface area contributed by atoms with Crippen LogP contribution in [-0.2, 0) is 11.3 Å². The van der Waals surface area contributed by atoms with Gasteiger partial charge in [0.1, 0.15) is 6.61 Å². The standard InChI is InChI=1S/C17H26N2O2/c1-14(2)11-19-10-9-16(12-19)18(3)17(20)21-13-15-7-5-4-6-8-15/h4-8,14,16H,9-13H2,1-3H3. The molecule has 1 aromatic rings. The van der Waals surface area contributed by atoms with Crippen molar-refractivity contribution in [3.63, 3.8) is 0 Å². The van der Waals surface area contributed by atoms with Gasteiger partial charge in [0.25, 0.3) is 0 Å². The minimum Gasteiger partial charge on any atom is -0.445 e. The number of nitrogens with zero attached hydrogens (tertiary/aromatic N) is 2. The lowest BCUT2D eigenvalue weighted by molar-refractivity contribution is 0.0915. The molecule has 0 radical (unpaired) electrons. The Labute approximate surface area is 127 Å². The number of hydrogen-bond acceptors (Lipinski definition) is 3. The van der Waals surface area contributed by atoms with Gasteiger partial charge < -0.3 is 14.5 Å². The first-order chi connectivity index (χ1) is 10.1. The Balaban J connectivity index is 1.77. The Morgan fingerprint density at radius 1 is 1.38 bits per heavy atom. The largest absolute Gasteiger partial charge is 0.445 e. The Morgan fingerprint density at radius 3 is 2.76 bits per heavy atom. The molecular weight excluding hydrogens is 264 g/mol. The molecule has 21 heavy (non-hydrogen) atoms. The van der Waals surface area contributed by atoms with Crippen molar-refractivity contribution in [3.8, 4) is 0 Å². The number of carbonyl (C=O) groups is 1. The lowest BCUT2D eigenvalue weighted by atomic mass is 10.2. The molecule has 1 amide bonds. The summed E-state index contributed by atoms with van der Waals surface area (Å²) in [4.78, 5) is 16.3. The number of benzene rings is 1. The van der Waals surface area contributed by atoms with Crippen LogP contribution in [0.2, 0.25) is 0 Å². The predicted molar refractivity (Wildman–Crippen MR) is 84.1 cm³/mol. The monoisotopic (exact) mass is 290 g/mol. The van der Waals surface area contributed by atoms with E-state index in [1.165, 1.54) is 0 Å². The predicted octanol–water partition coefficient (Wildman–Crippen LogP) is 2.99. The molecule has 1 aromatic carbocycles. The molecule has 0 aliphatic carbocycles. The van der Waals surface area contributed by atoms with Crippen molar-refractivity contribution in [3.05, 3.63) is 35.9 Å². The highest BCUT2D eigenvalue weighted by Gasteiger charge is 2.29. The average Bonchev–Trinajstić information content (AvgIpc) is 2.92. The van der Waals surface area contributed by atoms with E-state index in [9.17, 15) is 4.79 Å². The van der Waals surface area contributed by atoms with E-state index in [-0.39, 0.29) is 12.1 Å². The van der Waals surface area contributed by atoms with E-state index in [2.05, 4.69) is 18.7 Å². The van der Waals surface area contributed by atoms with Gasteiger partial charge in [0.2, 0.25) is 0 Å². The second-order valence-electron chi connectivity index (χ2n) is 6.25. The van der Waals surface area contributed by atoms with E-state index in [1.54, 1.807) is 4.90 Å². The van der Waals surface area contributed by atoms with Crippen molar-refractivity contribution in [1.29, 1.82) is 0 Å². The van der Waals surface area contributed by atoms with Crippen molar-refractivity contribution in [2.24, 2.45) is 5.92 Å². The first-order valence-electron chi connectivity index (χ1n) is 7.72. The van der Waals surface area contributed by atoms with Gasteiger partial charge in [0, 0.05) is 32.7 Å². The molecule has 4 nitrogen and oxygen atoms in total. The molecule has 116 valence electrons. The molecule has 1 aliphatic rings. The molecule has 0 spiro atoms. The van der Waals surface area contributed by atoms with Crippen LogP contribution in [0.25, 0.3) is 0 Å². The van der Waals surface area contributed by atoms with Gasteiger partial charge in [-0.1, -0.05) is 44.2 Å². The molecule has 1 fully saturated rings. The molecule has 1 unspecified atom stereocenters. The first-order valence-corrected chi connectivity index (χ1v) is 7.72. The van der Waals surface area contributed by atoms with Crippen LogP contribution in [-0.4, -0.2) is 48.6 Å². The third-order valence-electron chi connectivity index (χ3n) is 3.91. The summed E-state index contributed by atoms with van der Waals surface area (Å²) in [6.07, 6.45) is 0.805. The topological polar surface area (TPSA) is 32.8 Å². The highest BCUT2D eigenvalue weighted by Crippen LogP contribution is 2.17. The molecule has 1 atom stereocenters. The van der Waals surface area contributed by atoms with E-state index in [1.807, 2.05) is 37.4 Å².